The van der Waals surface area contributed by atoms with Gasteiger partial charge in [-0.05, 0) is 90.7 Å². The molecule has 4 aromatic carbocycles. The number of nitrogens with zero attached hydrogens (tertiary/aromatic N) is 1. The number of ether oxygens (including phenoxy) is 3. The quantitative estimate of drug-likeness (QED) is 0.199. The van der Waals surface area contributed by atoms with Crippen molar-refractivity contribution in [2.75, 3.05) is 23.4 Å². The maximum atomic E-state index is 12.7. The molecule has 43 heavy (non-hydrogen) atoms. The third-order valence-electron chi connectivity index (χ3n) is 7.09. The van der Waals surface area contributed by atoms with Gasteiger partial charge in [0.1, 0.15) is 23.0 Å². The number of esters is 1. The van der Waals surface area contributed by atoms with Gasteiger partial charge in [0.2, 0.25) is 5.91 Å². The van der Waals surface area contributed by atoms with Gasteiger partial charge < -0.3 is 24.4 Å². The second kappa shape index (κ2) is 13.2. The first-order chi connectivity index (χ1) is 20.7. The lowest BCUT2D eigenvalue weighted by atomic mass is 10.0. The Bertz CT molecular complexity index is 1580. The van der Waals surface area contributed by atoms with E-state index in [1.165, 1.54) is 0 Å². The van der Waals surface area contributed by atoms with E-state index >= 15 is 0 Å². The summed E-state index contributed by atoms with van der Waals surface area (Å²) in [5.41, 5.74) is 3.43. The van der Waals surface area contributed by atoms with E-state index in [4.69, 9.17) is 14.2 Å². The van der Waals surface area contributed by atoms with E-state index in [-0.39, 0.29) is 18.9 Å². The second-order valence-corrected chi connectivity index (χ2v) is 10.8. The predicted molar refractivity (Wildman–Crippen MR) is 165 cm³/mol. The SMILES string of the molecule is Cc1ccc(C(C)C)c(Oc2ccc(N3C[C@@H](C(=O)OCC(=O)Nc4ccc(Oc5ccccc5)cc4)CC3=O)cc2)c1. The van der Waals surface area contributed by atoms with E-state index in [0.717, 1.165) is 16.9 Å². The fourth-order valence-electron chi connectivity index (χ4n) is 4.83. The Balaban J connectivity index is 1.10. The normalized spacial score (nSPS) is 14.5. The molecule has 0 radical (unpaired) electrons. The van der Waals surface area contributed by atoms with Crippen molar-refractivity contribution in [1.82, 2.24) is 0 Å². The zero-order valence-corrected chi connectivity index (χ0v) is 24.4. The predicted octanol–water partition coefficient (Wildman–Crippen LogP) is 7.24. The monoisotopic (exact) mass is 578 g/mol. The molecule has 1 aliphatic heterocycles. The van der Waals surface area contributed by atoms with Gasteiger partial charge in [-0.1, -0.05) is 44.2 Å². The molecule has 220 valence electrons. The van der Waals surface area contributed by atoms with Crippen molar-refractivity contribution < 1.29 is 28.6 Å². The molecule has 4 aromatic rings. The average molecular weight is 579 g/mol. The van der Waals surface area contributed by atoms with Crippen LogP contribution < -0.4 is 19.7 Å². The fraction of sp³-hybridized carbons (Fsp3) is 0.229. The highest BCUT2D eigenvalue weighted by Crippen LogP contribution is 2.33. The van der Waals surface area contributed by atoms with Crippen LogP contribution >= 0.6 is 0 Å². The van der Waals surface area contributed by atoms with Gasteiger partial charge in [-0.15, -0.1) is 0 Å². The maximum absolute atomic E-state index is 12.7. The summed E-state index contributed by atoms with van der Waals surface area (Å²) in [6.07, 6.45) is 0.0165. The third kappa shape index (κ3) is 7.60. The third-order valence-corrected chi connectivity index (χ3v) is 7.09. The van der Waals surface area contributed by atoms with Crippen LogP contribution in [0.5, 0.6) is 23.0 Å². The molecule has 1 heterocycles. The standard InChI is InChI=1S/C35H34N2O6/c1-23(2)31-18-9-24(3)19-32(31)43-30-16-12-27(13-17-30)37-21-25(20-34(37)39)35(40)41-22-33(38)36-26-10-14-29(15-11-26)42-28-7-5-4-6-8-28/h4-19,23,25H,20-22H2,1-3H3,(H,36,38)/t25-/m0/s1. The zero-order valence-electron chi connectivity index (χ0n) is 24.4. The number of benzene rings is 4. The van der Waals surface area contributed by atoms with Crippen LogP contribution in [0.15, 0.2) is 97.1 Å². The number of hydrogen-bond acceptors (Lipinski definition) is 6. The van der Waals surface area contributed by atoms with Crippen molar-refractivity contribution in [2.45, 2.75) is 33.1 Å². The van der Waals surface area contributed by atoms with Crippen molar-refractivity contribution in [3.8, 4) is 23.0 Å². The van der Waals surface area contributed by atoms with Gasteiger partial charge in [0, 0.05) is 24.3 Å². The summed E-state index contributed by atoms with van der Waals surface area (Å²) >= 11 is 0. The summed E-state index contributed by atoms with van der Waals surface area (Å²) in [4.78, 5) is 39.4. The molecule has 2 amide bonds. The second-order valence-electron chi connectivity index (χ2n) is 10.8. The van der Waals surface area contributed by atoms with E-state index in [1.54, 1.807) is 41.3 Å². The van der Waals surface area contributed by atoms with Crippen LogP contribution in [0.1, 0.15) is 37.3 Å². The molecule has 0 aliphatic carbocycles. The van der Waals surface area contributed by atoms with Gasteiger partial charge in [0.15, 0.2) is 6.61 Å². The summed E-state index contributed by atoms with van der Waals surface area (Å²) in [6.45, 7) is 5.99. The van der Waals surface area contributed by atoms with Crippen LogP contribution in [0.4, 0.5) is 11.4 Å². The van der Waals surface area contributed by atoms with E-state index in [2.05, 4.69) is 31.3 Å². The Morgan fingerprint density at radius 3 is 2.21 bits per heavy atom. The molecular weight excluding hydrogens is 544 g/mol. The molecule has 8 nitrogen and oxygen atoms in total. The van der Waals surface area contributed by atoms with E-state index in [9.17, 15) is 14.4 Å². The minimum Gasteiger partial charge on any atom is -0.457 e. The number of carbonyl (C=O) groups excluding carboxylic acids is 3. The van der Waals surface area contributed by atoms with Gasteiger partial charge in [0.05, 0.1) is 5.92 Å². The topological polar surface area (TPSA) is 94.2 Å². The molecule has 1 aliphatic rings. The Morgan fingerprint density at radius 1 is 0.860 bits per heavy atom. The molecule has 0 unspecified atom stereocenters. The Morgan fingerprint density at radius 2 is 1.51 bits per heavy atom. The van der Waals surface area contributed by atoms with Crippen molar-refractivity contribution in [3.63, 3.8) is 0 Å². The average Bonchev–Trinajstić information content (AvgIpc) is 3.39. The van der Waals surface area contributed by atoms with E-state index in [1.807, 2.05) is 55.5 Å². The van der Waals surface area contributed by atoms with Crippen molar-refractivity contribution in [3.05, 3.63) is 108 Å². The van der Waals surface area contributed by atoms with Crippen LogP contribution in [0.25, 0.3) is 0 Å². The van der Waals surface area contributed by atoms with Gasteiger partial charge >= 0.3 is 5.97 Å². The fourth-order valence-corrected chi connectivity index (χ4v) is 4.83. The summed E-state index contributed by atoms with van der Waals surface area (Å²) in [7, 11) is 0. The largest absolute Gasteiger partial charge is 0.457 e. The van der Waals surface area contributed by atoms with Crippen molar-refractivity contribution >= 4 is 29.2 Å². The highest BCUT2D eigenvalue weighted by atomic mass is 16.5. The van der Waals surface area contributed by atoms with Crippen LogP contribution in [0, 0.1) is 12.8 Å². The summed E-state index contributed by atoms with van der Waals surface area (Å²) in [6, 6.07) is 29.6. The number of carbonyl (C=O) groups is 3. The lowest BCUT2D eigenvalue weighted by molar-refractivity contribution is -0.151. The summed E-state index contributed by atoms with van der Waals surface area (Å²) < 4.78 is 17.2. The molecule has 5 rings (SSSR count). The molecule has 0 saturated carbocycles. The summed E-state index contributed by atoms with van der Waals surface area (Å²) in [5.74, 6) is 1.20. The van der Waals surface area contributed by atoms with Crippen molar-refractivity contribution in [1.29, 1.82) is 0 Å². The van der Waals surface area contributed by atoms with Crippen molar-refractivity contribution in [2.24, 2.45) is 5.92 Å². The number of hydrogen-bond donors (Lipinski definition) is 1. The molecule has 0 spiro atoms. The Kier molecular flexibility index (Phi) is 9.05. The van der Waals surface area contributed by atoms with Crippen LogP contribution in [-0.2, 0) is 19.1 Å². The molecule has 0 bridgehead atoms. The summed E-state index contributed by atoms with van der Waals surface area (Å²) in [5, 5.41) is 2.70. The lowest BCUT2D eigenvalue weighted by Crippen LogP contribution is -2.28. The lowest BCUT2D eigenvalue weighted by Gasteiger charge is -2.18. The highest BCUT2D eigenvalue weighted by Gasteiger charge is 2.36. The minimum atomic E-state index is -0.661. The number of nitrogens with one attached hydrogen (secondary N) is 1. The number of anilines is 2. The first-order valence-electron chi connectivity index (χ1n) is 14.2. The molecule has 0 aromatic heterocycles. The Labute approximate surface area is 251 Å². The van der Waals surface area contributed by atoms with E-state index in [0.29, 0.717) is 34.5 Å². The van der Waals surface area contributed by atoms with Crippen LogP contribution in [0.2, 0.25) is 0 Å². The minimum absolute atomic E-state index is 0.0165. The number of rotatable bonds is 10. The number of amides is 2. The molecule has 1 fully saturated rings. The molecule has 1 saturated heterocycles. The molecular formula is C35H34N2O6. The molecule has 1 atom stereocenters. The van der Waals surface area contributed by atoms with E-state index < -0.39 is 24.4 Å². The van der Waals surface area contributed by atoms with Gasteiger partial charge in [0.25, 0.3) is 5.91 Å². The molecule has 8 heteroatoms. The zero-order chi connectivity index (χ0) is 30.3. The van der Waals surface area contributed by atoms with Gasteiger partial charge in [-0.2, -0.15) is 0 Å². The van der Waals surface area contributed by atoms with Gasteiger partial charge in [-0.3, -0.25) is 14.4 Å². The Hall–Kier alpha value is -5.11. The van der Waals surface area contributed by atoms with Gasteiger partial charge in [-0.25, -0.2) is 0 Å². The number of aryl methyl sites for hydroxylation is 1. The molecule has 1 N–H and O–H groups in total. The van der Waals surface area contributed by atoms with Crippen LogP contribution in [-0.4, -0.2) is 30.9 Å². The van der Waals surface area contributed by atoms with Crippen LogP contribution in [0.3, 0.4) is 0 Å². The first-order valence-corrected chi connectivity index (χ1v) is 14.2. The highest BCUT2D eigenvalue weighted by molar-refractivity contribution is 6.00. The number of para-hydroxylation sites is 1. The maximum Gasteiger partial charge on any atom is 0.311 e. The first kappa shape index (κ1) is 29.4. The smallest absolute Gasteiger partial charge is 0.311 e.